The Morgan fingerprint density at radius 3 is 2.92 bits per heavy atom. The molecule has 0 bridgehead atoms. The Balaban J connectivity index is 1.36. The summed E-state index contributed by atoms with van der Waals surface area (Å²) in [5.74, 6) is 2.31. The highest BCUT2D eigenvalue weighted by Gasteiger charge is 2.19. The molecule has 5 rings (SSSR count). The summed E-state index contributed by atoms with van der Waals surface area (Å²) in [5.41, 5.74) is 4.96. The molecule has 7 nitrogen and oxygen atoms in total. The third-order valence-corrected chi connectivity index (χ3v) is 4.74. The van der Waals surface area contributed by atoms with Gasteiger partial charge in [0, 0.05) is 25.2 Å². The van der Waals surface area contributed by atoms with E-state index in [0.717, 1.165) is 43.1 Å². The number of benzene rings is 2. The number of fused-ring (bicyclic) bond motifs is 2. The number of nitrogens with zero attached hydrogens (tertiary/aromatic N) is 4. The Labute approximate surface area is 144 Å². The van der Waals surface area contributed by atoms with Crippen molar-refractivity contribution < 1.29 is 9.47 Å². The van der Waals surface area contributed by atoms with Gasteiger partial charge >= 0.3 is 0 Å². The highest BCUT2D eigenvalue weighted by atomic mass is 16.7. The second-order valence-electron chi connectivity index (χ2n) is 6.37. The lowest BCUT2D eigenvalue weighted by Gasteiger charge is -2.29. The van der Waals surface area contributed by atoms with Crippen LogP contribution in [0.3, 0.4) is 0 Å². The summed E-state index contributed by atoms with van der Waals surface area (Å²) in [4.78, 5) is 2.44. The summed E-state index contributed by atoms with van der Waals surface area (Å²) in [6, 6.07) is 12.6. The Bertz CT molecular complexity index is 910. The Morgan fingerprint density at radius 2 is 2.00 bits per heavy atom. The molecule has 0 fully saturated rings. The van der Waals surface area contributed by atoms with Gasteiger partial charge in [0.05, 0.1) is 0 Å². The normalized spacial score (nSPS) is 16.0. The van der Waals surface area contributed by atoms with Gasteiger partial charge in [-0.15, -0.1) is 10.2 Å². The van der Waals surface area contributed by atoms with Crippen molar-refractivity contribution in [2.45, 2.75) is 19.5 Å². The molecule has 25 heavy (non-hydrogen) atoms. The van der Waals surface area contributed by atoms with Crippen LogP contribution in [-0.4, -0.2) is 38.9 Å². The first-order chi connectivity index (χ1) is 12.3. The van der Waals surface area contributed by atoms with Gasteiger partial charge in [0.15, 0.2) is 11.5 Å². The first kappa shape index (κ1) is 14.4. The highest BCUT2D eigenvalue weighted by molar-refractivity contribution is 5.57. The fourth-order valence-corrected chi connectivity index (χ4v) is 3.47. The predicted octanol–water partition coefficient (Wildman–Crippen LogP) is 2.15. The van der Waals surface area contributed by atoms with E-state index in [1.54, 1.807) is 0 Å². The summed E-state index contributed by atoms with van der Waals surface area (Å²) in [6.07, 6.45) is 1.05. The Hall–Kier alpha value is -2.93. The Morgan fingerprint density at radius 1 is 1.04 bits per heavy atom. The van der Waals surface area contributed by atoms with Gasteiger partial charge in [-0.25, -0.2) is 0 Å². The molecule has 0 spiro atoms. The molecule has 126 valence electrons. The molecular weight excluding hydrogens is 318 g/mol. The summed E-state index contributed by atoms with van der Waals surface area (Å²) < 4.78 is 10.9. The zero-order chi connectivity index (χ0) is 16.6. The maximum absolute atomic E-state index is 5.48. The van der Waals surface area contributed by atoms with Crippen molar-refractivity contribution in [2.75, 3.05) is 13.3 Å². The molecule has 3 heterocycles. The topological polar surface area (TPSA) is 76.2 Å². The van der Waals surface area contributed by atoms with Crippen LogP contribution in [0.2, 0.25) is 0 Å². The van der Waals surface area contributed by atoms with Gasteiger partial charge < -0.3 is 9.47 Å². The van der Waals surface area contributed by atoms with E-state index in [2.05, 4.69) is 55.9 Å². The van der Waals surface area contributed by atoms with Crippen LogP contribution in [0.4, 0.5) is 0 Å². The summed E-state index contributed by atoms with van der Waals surface area (Å²) >= 11 is 0. The molecule has 2 aliphatic rings. The van der Waals surface area contributed by atoms with E-state index in [1.807, 2.05) is 6.07 Å². The minimum absolute atomic E-state index is 0.314. The first-order valence-electron chi connectivity index (χ1n) is 8.32. The van der Waals surface area contributed by atoms with Gasteiger partial charge in [0.2, 0.25) is 12.6 Å². The molecule has 3 aromatic rings. The van der Waals surface area contributed by atoms with Gasteiger partial charge in [0.1, 0.15) is 0 Å². The summed E-state index contributed by atoms with van der Waals surface area (Å²) in [5, 5.41) is 14.3. The molecule has 1 aromatic heterocycles. The lowest BCUT2D eigenvalue weighted by atomic mass is 9.97. The smallest absolute Gasteiger partial charge is 0.231 e. The van der Waals surface area contributed by atoms with Crippen LogP contribution in [0.5, 0.6) is 11.5 Å². The number of hydrogen-bond donors (Lipinski definition) is 1. The van der Waals surface area contributed by atoms with E-state index in [0.29, 0.717) is 12.6 Å². The predicted molar refractivity (Wildman–Crippen MR) is 90.0 cm³/mol. The van der Waals surface area contributed by atoms with Crippen LogP contribution in [0.25, 0.3) is 11.4 Å². The Kier molecular flexibility index (Phi) is 3.38. The third-order valence-electron chi connectivity index (χ3n) is 4.74. The number of aromatic nitrogens is 4. The van der Waals surface area contributed by atoms with Crippen LogP contribution < -0.4 is 9.47 Å². The SMILES string of the molecule is c1cc2c(cc1CN1CCc3ccc(-c4nn[nH]n4)cc3C1)OCO2. The van der Waals surface area contributed by atoms with E-state index in [-0.39, 0.29) is 0 Å². The monoisotopic (exact) mass is 335 g/mol. The fraction of sp³-hybridized carbons (Fsp3) is 0.278. The lowest BCUT2D eigenvalue weighted by molar-refractivity contribution is 0.174. The van der Waals surface area contributed by atoms with Crippen molar-refractivity contribution in [3.05, 3.63) is 53.1 Å². The second kappa shape index (κ2) is 5.86. The van der Waals surface area contributed by atoms with Crippen molar-refractivity contribution in [3.8, 4) is 22.9 Å². The molecule has 2 aromatic carbocycles. The van der Waals surface area contributed by atoms with Crippen molar-refractivity contribution >= 4 is 0 Å². The molecule has 0 amide bonds. The zero-order valence-electron chi connectivity index (χ0n) is 13.6. The number of nitrogens with one attached hydrogen (secondary N) is 1. The van der Waals surface area contributed by atoms with E-state index >= 15 is 0 Å². The number of tetrazole rings is 1. The third kappa shape index (κ3) is 2.72. The molecule has 0 saturated heterocycles. The van der Waals surface area contributed by atoms with E-state index < -0.39 is 0 Å². The number of ether oxygens (including phenoxy) is 2. The standard InChI is InChI=1S/C18H17N5O2/c1-4-16-17(25-11-24-16)7-12(1)9-23-6-5-13-2-3-14(8-15(13)10-23)18-19-21-22-20-18/h1-4,7-8H,5-6,9-11H2,(H,19,20,21,22). The molecule has 7 heteroatoms. The molecule has 0 unspecified atom stereocenters. The largest absolute Gasteiger partial charge is 0.454 e. The minimum atomic E-state index is 0.314. The lowest BCUT2D eigenvalue weighted by Crippen LogP contribution is -2.30. The van der Waals surface area contributed by atoms with Crippen molar-refractivity contribution in [3.63, 3.8) is 0 Å². The molecule has 0 atom stereocenters. The average Bonchev–Trinajstić information content (AvgIpc) is 3.32. The van der Waals surface area contributed by atoms with Crippen LogP contribution >= 0.6 is 0 Å². The number of hydrogen-bond acceptors (Lipinski definition) is 6. The number of rotatable bonds is 3. The van der Waals surface area contributed by atoms with Crippen LogP contribution in [0, 0.1) is 0 Å². The first-order valence-corrected chi connectivity index (χ1v) is 8.32. The number of H-pyrrole nitrogens is 1. The van der Waals surface area contributed by atoms with Gasteiger partial charge in [-0.1, -0.05) is 18.2 Å². The molecule has 0 radical (unpaired) electrons. The van der Waals surface area contributed by atoms with Crippen LogP contribution in [-0.2, 0) is 19.5 Å². The highest BCUT2D eigenvalue weighted by Crippen LogP contribution is 2.33. The van der Waals surface area contributed by atoms with Crippen LogP contribution in [0.1, 0.15) is 16.7 Å². The maximum Gasteiger partial charge on any atom is 0.231 e. The van der Waals surface area contributed by atoms with Gasteiger partial charge in [-0.3, -0.25) is 4.90 Å². The van der Waals surface area contributed by atoms with Crippen molar-refractivity contribution in [1.82, 2.24) is 25.5 Å². The molecule has 1 N–H and O–H groups in total. The molecule has 0 saturated carbocycles. The summed E-state index contributed by atoms with van der Waals surface area (Å²) in [7, 11) is 0. The summed E-state index contributed by atoms with van der Waals surface area (Å²) in [6.45, 7) is 3.16. The van der Waals surface area contributed by atoms with Gasteiger partial charge in [-0.05, 0) is 46.5 Å². The van der Waals surface area contributed by atoms with E-state index in [9.17, 15) is 0 Å². The minimum Gasteiger partial charge on any atom is -0.454 e. The maximum atomic E-state index is 5.48. The van der Waals surface area contributed by atoms with Crippen LogP contribution in [0.15, 0.2) is 36.4 Å². The van der Waals surface area contributed by atoms with Gasteiger partial charge in [0.25, 0.3) is 0 Å². The quantitative estimate of drug-likeness (QED) is 0.790. The van der Waals surface area contributed by atoms with Gasteiger partial charge in [-0.2, -0.15) is 5.21 Å². The number of aromatic amines is 1. The van der Waals surface area contributed by atoms with E-state index in [4.69, 9.17) is 9.47 Å². The molecular formula is C18H17N5O2. The van der Waals surface area contributed by atoms with Crippen molar-refractivity contribution in [1.29, 1.82) is 0 Å². The average molecular weight is 335 g/mol. The zero-order valence-corrected chi connectivity index (χ0v) is 13.6. The fourth-order valence-electron chi connectivity index (χ4n) is 3.47. The molecule has 0 aliphatic carbocycles. The van der Waals surface area contributed by atoms with Crippen molar-refractivity contribution in [2.24, 2.45) is 0 Å². The van der Waals surface area contributed by atoms with E-state index in [1.165, 1.54) is 16.7 Å². The second-order valence-corrected chi connectivity index (χ2v) is 6.37. The molecule has 2 aliphatic heterocycles.